The van der Waals surface area contributed by atoms with Crippen LogP contribution < -0.4 is 5.32 Å². The van der Waals surface area contributed by atoms with Gasteiger partial charge in [-0.05, 0) is 25.0 Å². The van der Waals surface area contributed by atoms with Crippen molar-refractivity contribution >= 4 is 23.5 Å². The van der Waals surface area contributed by atoms with Crippen LogP contribution in [-0.2, 0) is 9.59 Å². The minimum absolute atomic E-state index is 0.00599. The number of carbonyl (C=O) groups is 3. The molecule has 112 valence electrons. The second kappa shape index (κ2) is 6.39. The Balaban J connectivity index is 2.17. The smallest absolute Gasteiger partial charge is 0.337 e. The minimum atomic E-state index is -1.13. The van der Waals surface area contributed by atoms with Crippen molar-refractivity contribution in [2.75, 3.05) is 5.32 Å². The molecule has 0 radical (unpaired) electrons. The fourth-order valence-electron chi connectivity index (χ4n) is 2.74. The molecule has 21 heavy (non-hydrogen) atoms. The summed E-state index contributed by atoms with van der Waals surface area (Å²) >= 11 is 0. The van der Waals surface area contributed by atoms with Crippen LogP contribution in [0.15, 0.2) is 24.3 Å². The van der Waals surface area contributed by atoms with Crippen molar-refractivity contribution in [3.05, 3.63) is 29.8 Å². The van der Waals surface area contributed by atoms with Gasteiger partial charge in [-0.3, -0.25) is 9.59 Å². The third kappa shape index (κ3) is 3.39. The molecule has 2 atom stereocenters. The fraction of sp³-hybridized carbons (Fsp3) is 0.400. The average molecular weight is 291 g/mol. The van der Waals surface area contributed by atoms with E-state index in [-0.39, 0.29) is 11.3 Å². The summed E-state index contributed by atoms with van der Waals surface area (Å²) in [5.74, 6) is -3.84. The maximum Gasteiger partial charge on any atom is 0.337 e. The van der Waals surface area contributed by atoms with Crippen molar-refractivity contribution < 1.29 is 24.6 Å². The molecule has 3 N–H and O–H groups in total. The van der Waals surface area contributed by atoms with E-state index in [1.165, 1.54) is 12.1 Å². The molecule has 2 unspecified atom stereocenters. The van der Waals surface area contributed by atoms with E-state index in [2.05, 4.69) is 5.32 Å². The molecule has 1 saturated carbocycles. The van der Waals surface area contributed by atoms with E-state index in [4.69, 9.17) is 5.11 Å². The molecule has 1 aromatic rings. The highest BCUT2D eigenvalue weighted by atomic mass is 16.4. The van der Waals surface area contributed by atoms with Crippen molar-refractivity contribution in [3.63, 3.8) is 0 Å². The lowest BCUT2D eigenvalue weighted by Gasteiger charge is -2.27. The van der Waals surface area contributed by atoms with Crippen LogP contribution >= 0.6 is 0 Å². The van der Waals surface area contributed by atoms with Gasteiger partial charge in [0.05, 0.1) is 23.1 Å². The number of hydrogen-bond acceptors (Lipinski definition) is 3. The Hall–Kier alpha value is -2.37. The predicted molar refractivity (Wildman–Crippen MR) is 75.1 cm³/mol. The monoisotopic (exact) mass is 291 g/mol. The van der Waals surface area contributed by atoms with Crippen LogP contribution in [0.5, 0.6) is 0 Å². The zero-order valence-corrected chi connectivity index (χ0v) is 11.4. The molecule has 1 fully saturated rings. The predicted octanol–water partition coefficient (Wildman–Crippen LogP) is 2.21. The molecule has 6 nitrogen and oxygen atoms in total. The van der Waals surface area contributed by atoms with Crippen LogP contribution in [0, 0.1) is 11.8 Å². The number of aromatic carboxylic acids is 1. The van der Waals surface area contributed by atoms with Crippen molar-refractivity contribution in [2.24, 2.45) is 11.8 Å². The molecule has 1 aliphatic carbocycles. The van der Waals surface area contributed by atoms with Gasteiger partial charge >= 0.3 is 11.9 Å². The van der Waals surface area contributed by atoms with Crippen molar-refractivity contribution in [2.45, 2.75) is 25.7 Å². The van der Waals surface area contributed by atoms with E-state index in [1.54, 1.807) is 12.1 Å². The lowest BCUT2D eigenvalue weighted by molar-refractivity contribution is -0.147. The molecule has 6 heteroatoms. The summed E-state index contributed by atoms with van der Waals surface area (Å²) in [5, 5.41) is 20.8. The van der Waals surface area contributed by atoms with Crippen LogP contribution in [0.2, 0.25) is 0 Å². The van der Waals surface area contributed by atoms with Gasteiger partial charge in [0.2, 0.25) is 5.91 Å². The van der Waals surface area contributed by atoms with E-state index < -0.39 is 29.7 Å². The summed E-state index contributed by atoms with van der Waals surface area (Å²) in [7, 11) is 0. The van der Waals surface area contributed by atoms with Gasteiger partial charge in [-0.15, -0.1) is 0 Å². The van der Waals surface area contributed by atoms with Crippen LogP contribution in [0.3, 0.4) is 0 Å². The van der Waals surface area contributed by atoms with Gasteiger partial charge in [0.1, 0.15) is 0 Å². The quantitative estimate of drug-likeness (QED) is 0.789. The van der Waals surface area contributed by atoms with E-state index >= 15 is 0 Å². The summed E-state index contributed by atoms with van der Waals surface area (Å²) in [6, 6.07) is 6.09. The molecule has 1 aromatic carbocycles. The second-order valence-corrected chi connectivity index (χ2v) is 5.18. The van der Waals surface area contributed by atoms with Gasteiger partial charge < -0.3 is 15.5 Å². The number of carboxylic acid groups (broad SMARTS) is 2. The summed E-state index contributed by atoms with van der Waals surface area (Å²) in [4.78, 5) is 34.6. The van der Waals surface area contributed by atoms with Crippen molar-refractivity contribution in [1.82, 2.24) is 0 Å². The van der Waals surface area contributed by atoms with E-state index in [1.807, 2.05) is 0 Å². The number of carboxylic acids is 2. The zero-order valence-electron chi connectivity index (χ0n) is 11.4. The number of nitrogens with one attached hydrogen (secondary N) is 1. The zero-order chi connectivity index (χ0) is 15.4. The molecule has 1 aliphatic rings. The van der Waals surface area contributed by atoms with Gasteiger partial charge in [-0.25, -0.2) is 4.79 Å². The van der Waals surface area contributed by atoms with Crippen LogP contribution in [-0.4, -0.2) is 28.1 Å². The van der Waals surface area contributed by atoms with Crippen LogP contribution in [0.1, 0.15) is 36.0 Å². The molecule has 1 amide bonds. The first-order valence-electron chi connectivity index (χ1n) is 6.86. The Morgan fingerprint density at radius 3 is 2.24 bits per heavy atom. The van der Waals surface area contributed by atoms with E-state index in [0.717, 1.165) is 12.8 Å². The van der Waals surface area contributed by atoms with Crippen LogP contribution in [0.4, 0.5) is 5.69 Å². The number of amides is 1. The maximum absolute atomic E-state index is 12.3. The number of para-hydroxylation sites is 1. The average Bonchev–Trinajstić information content (AvgIpc) is 2.47. The van der Waals surface area contributed by atoms with Gasteiger partial charge in [0, 0.05) is 0 Å². The SMILES string of the molecule is O=C(O)c1ccccc1NC(=O)C1CCCCC1C(=O)O. The molecule has 0 bridgehead atoms. The number of rotatable bonds is 4. The summed E-state index contributed by atoms with van der Waals surface area (Å²) in [6.07, 6.45) is 2.60. The van der Waals surface area contributed by atoms with Gasteiger partial charge in [0.25, 0.3) is 0 Å². The normalized spacial score (nSPS) is 21.5. The van der Waals surface area contributed by atoms with E-state index in [0.29, 0.717) is 12.8 Å². The van der Waals surface area contributed by atoms with Crippen molar-refractivity contribution in [3.8, 4) is 0 Å². The Morgan fingerprint density at radius 1 is 1.00 bits per heavy atom. The number of carbonyl (C=O) groups excluding carboxylic acids is 1. The molecular weight excluding hydrogens is 274 g/mol. The highest BCUT2D eigenvalue weighted by Crippen LogP contribution is 2.31. The van der Waals surface area contributed by atoms with Gasteiger partial charge in [-0.1, -0.05) is 25.0 Å². The molecule has 2 rings (SSSR count). The molecule has 0 aromatic heterocycles. The van der Waals surface area contributed by atoms with Gasteiger partial charge in [-0.2, -0.15) is 0 Å². The van der Waals surface area contributed by atoms with Gasteiger partial charge in [0.15, 0.2) is 0 Å². The Bertz CT molecular complexity index is 569. The minimum Gasteiger partial charge on any atom is -0.481 e. The van der Waals surface area contributed by atoms with E-state index in [9.17, 15) is 19.5 Å². The number of anilines is 1. The lowest BCUT2D eigenvalue weighted by atomic mass is 9.78. The first kappa shape index (κ1) is 15.0. The third-order valence-electron chi connectivity index (χ3n) is 3.84. The Labute approximate surface area is 121 Å². The molecule has 0 spiro atoms. The number of hydrogen-bond donors (Lipinski definition) is 3. The number of benzene rings is 1. The molecule has 0 aliphatic heterocycles. The topological polar surface area (TPSA) is 104 Å². The lowest BCUT2D eigenvalue weighted by Crippen LogP contribution is -2.36. The first-order valence-corrected chi connectivity index (χ1v) is 6.86. The maximum atomic E-state index is 12.3. The highest BCUT2D eigenvalue weighted by molar-refractivity contribution is 6.02. The second-order valence-electron chi connectivity index (χ2n) is 5.18. The summed E-state index contributed by atoms with van der Waals surface area (Å²) < 4.78 is 0. The molecule has 0 saturated heterocycles. The standard InChI is InChI=1S/C15H17NO5/c17-13(9-5-1-2-6-10(9)14(18)19)16-12-8-4-3-7-11(12)15(20)21/h3-4,7-10H,1-2,5-6H2,(H,16,17)(H,18,19)(H,20,21). The third-order valence-corrected chi connectivity index (χ3v) is 3.84. The Morgan fingerprint density at radius 2 is 1.62 bits per heavy atom. The largest absolute Gasteiger partial charge is 0.481 e. The first-order chi connectivity index (χ1) is 10.0. The fourth-order valence-corrected chi connectivity index (χ4v) is 2.74. The number of aliphatic carboxylic acids is 1. The molecule has 0 heterocycles. The van der Waals surface area contributed by atoms with Crippen molar-refractivity contribution in [1.29, 1.82) is 0 Å². The van der Waals surface area contributed by atoms with Crippen LogP contribution in [0.25, 0.3) is 0 Å². The summed E-state index contributed by atoms with van der Waals surface area (Å²) in [5.41, 5.74) is 0.193. The Kier molecular flexibility index (Phi) is 4.57. The molecular formula is C15H17NO5. The summed E-state index contributed by atoms with van der Waals surface area (Å²) in [6.45, 7) is 0. The highest BCUT2D eigenvalue weighted by Gasteiger charge is 2.35.